The SMILES string of the molecule is Nc1nccc(C=Cc2c(-c3cccc(C(F)(F)F)c3)nc3sccn23)n1. The standard InChI is InChI=1S/C18H12F3N5S/c19-18(20,21)12-3-1-2-11(10-12)15-14(26-8-9-27-17(26)25-15)5-4-13-6-7-23-16(22)24-13/h1-10H,(H2,22,23,24). The lowest BCUT2D eigenvalue weighted by molar-refractivity contribution is -0.137. The predicted molar refractivity (Wildman–Crippen MR) is 98.9 cm³/mol. The third kappa shape index (κ3) is 3.41. The lowest BCUT2D eigenvalue weighted by Crippen LogP contribution is -2.04. The Labute approximate surface area is 155 Å². The number of nitrogens with zero attached hydrogens (tertiary/aromatic N) is 4. The normalized spacial score (nSPS) is 12.3. The van der Waals surface area contributed by atoms with Crippen LogP contribution >= 0.6 is 11.3 Å². The molecule has 1 aromatic carbocycles. The van der Waals surface area contributed by atoms with E-state index in [0.29, 0.717) is 27.6 Å². The van der Waals surface area contributed by atoms with Crippen molar-refractivity contribution < 1.29 is 13.2 Å². The molecule has 4 rings (SSSR count). The van der Waals surface area contributed by atoms with Crippen molar-refractivity contribution in [1.29, 1.82) is 0 Å². The Morgan fingerprint density at radius 3 is 2.74 bits per heavy atom. The van der Waals surface area contributed by atoms with Gasteiger partial charge in [-0.05, 0) is 30.4 Å². The lowest BCUT2D eigenvalue weighted by Gasteiger charge is -2.08. The minimum atomic E-state index is -4.42. The number of hydrogen-bond acceptors (Lipinski definition) is 5. The van der Waals surface area contributed by atoms with Gasteiger partial charge in [-0.15, -0.1) is 11.3 Å². The Kier molecular flexibility index (Phi) is 4.15. The molecule has 0 spiro atoms. The van der Waals surface area contributed by atoms with E-state index < -0.39 is 11.7 Å². The number of nitrogens with two attached hydrogens (primary N) is 1. The van der Waals surface area contributed by atoms with Crippen LogP contribution in [0.4, 0.5) is 19.1 Å². The highest BCUT2D eigenvalue weighted by Crippen LogP contribution is 2.34. The molecule has 0 aliphatic carbocycles. The van der Waals surface area contributed by atoms with Crippen molar-refractivity contribution in [3.63, 3.8) is 0 Å². The number of nitrogen functional groups attached to an aromatic ring is 1. The van der Waals surface area contributed by atoms with Crippen molar-refractivity contribution in [3.8, 4) is 11.3 Å². The summed E-state index contributed by atoms with van der Waals surface area (Å²) >= 11 is 1.40. The molecule has 3 aromatic heterocycles. The maximum absolute atomic E-state index is 13.1. The smallest absolute Gasteiger partial charge is 0.368 e. The Morgan fingerprint density at radius 1 is 1.11 bits per heavy atom. The number of thiazole rings is 1. The quantitative estimate of drug-likeness (QED) is 0.557. The molecular weight excluding hydrogens is 375 g/mol. The van der Waals surface area contributed by atoms with E-state index in [2.05, 4.69) is 15.0 Å². The van der Waals surface area contributed by atoms with Gasteiger partial charge in [-0.1, -0.05) is 12.1 Å². The molecule has 27 heavy (non-hydrogen) atoms. The van der Waals surface area contributed by atoms with Gasteiger partial charge >= 0.3 is 6.18 Å². The molecule has 0 bridgehead atoms. The fourth-order valence-corrected chi connectivity index (χ4v) is 3.38. The first-order valence-electron chi connectivity index (χ1n) is 7.81. The van der Waals surface area contributed by atoms with Crippen molar-refractivity contribution in [2.75, 3.05) is 5.73 Å². The van der Waals surface area contributed by atoms with Gasteiger partial charge in [0, 0.05) is 23.3 Å². The first-order chi connectivity index (χ1) is 12.9. The summed E-state index contributed by atoms with van der Waals surface area (Å²) in [5.41, 5.74) is 6.96. The van der Waals surface area contributed by atoms with Crippen LogP contribution in [0.25, 0.3) is 28.4 Å². The zero-order chi connectivity index (χ0) is 19.0. The zero-order valence-electron chi connectivity index (χ0n) is 13.7. The van der Waals surface area contributed by atoms with Crippen molar-refractivity contribution in [2.45, 2.75) is 6.18 Å². The molecule has 0 fully saturated rings. The van der Waals surface area contributed by atoms with Gasteiger partial charge in [0.15, 0.2) is 4.96 Å². The summed E-state index contributed by atoms with van der Waals surface area (Å²) in [7, 11) is 0. The van der Waals surface area contributed by atoms with Gasteiger partial charge in [-0.25, -0.2) is 15.0 Å². The zero-order valence-corrected chi connectivity index (χ0v) is 14.5. The molecule has 0 unspecified atom stereocenters. The fraction of sp³-hybridized carbons (Fsp3) is 0.0556. The van der Waals surface area contributed by atoms with E-state index in [1.54, 1.807) is 24.3 Å². The number of anilines is 1. The maximum atomic E-state index is 13.1. The third-order valence-electron chi connectivity index (χ3n) is 3.87. The summed E-state index contributed by atoms with van der Waals surface area (Å²) in [5.74, 6) is 0.143. The van der Waals surface area contributed by atoms with E-state index in [4.69, 9.17) is 5.73 Å². The molecule has 0 atom stereocenters. The Hall–Kier alpha value is -3.20. The summed E-state index contributed by atoms with van der Waals surface area (Å²) in [4.78, 5) is 13.1. The van der Waals surface area contributed by atoms with E-state index in [0.717, 1.165) is 12.1 Å². The first-order valence-corrected chi connectivity index (χ1v) is 8.69. The summed E-state index contributed by atoms with van der Waals surface area (Å²) in [6.45, 7) is 0. The van der Waals surface area contributed by atoms with Gasteiger partial charge in [0.25, 0.3) is 0 Å². The van der Waals surface area contributed by atoms with Crippen LogP contribution in [-0.4, -0.2) is 19.4 Å². The van der Waals surface area contributed by atoms with Crippen LogP contribution in [-0.2, 0) is 6.18 Å². The van der Waals surface area contributed by atoms with E-state index >= 15 is 0 Å². The lowest BCUT2D eigenvalue weighted by atomic mass is 10.1. The van der Waals surface area contributed by atoms with Crippen LogP contribution in [0.3, 0.4) is 0 Å². The summed E-state index contributed by atoms with van der Waals surface area (Å²) < 4.78 is 41.0. The Bertz CT molecular complexity index is 1140. The molecule has 3 heterocycles. The Morgan fingerprint density at radius 2 is 1.96 bits per heavy atom. The van der Waals surface area contributed by atoms with Gasteiger partial charge in [-0.3, -0.25) is 4.40 Å². The van der Waals surface area contributed by atoms with Crippen LogP contribution in [0.15, 0.2) is 48.1 Å². The minimum absolute atomic E-state index is 0.143. The molecule has 9 heteroatoms. The summed E-state index contributed by atoms with van der Waals surface area (Å²) in [6.07, 6.45) is 2.41. The highest BCUT2D eigenvalue weighted by Gasteiger charge is 2.30. The van der Waals surface area contributed by atoms with Gasteiger partial charge in [0.2, 0.25) is 5.95 Å². The second-order valence-corrected chi connectivity index (χ2v) is 6.53. The average Bonchev–Trinajstić information content (AvgIpc) is 3.21. The number of benzene rings is 1. The molecule has 0 aliphatic rings. The second kappa shape index (κ2) is 6.51. The predicted octanol–water partition coefficient (Wildman–Crippen LogP) is 4.62. The van der Waals surface area contributed by atoms with Crippen molar-refractivity contribution >= 4 is 34.4 Å². The van der Waals surface area contributed by atoms with Gasteiger partial charge < -0.3 is 5.73 Å². The summed E-state index contributed by atoms with van der Waals surface area (Å²) in [5, 5.41) is 1.86. The molecule has 5 nitrogen and oxygen atoms in total. The highest BCUT2D eigenvalue weighted by molar-refractivity contribution is 7.15. The largest absolute Gasteiger partial charge is 0.416 e. The number of fused-ring (bicyclic) bond motifs is 1. The van der Waals surface area contributed by atoms with E-state index in [1.165, 1.54) is 23.6 Å². The fourth-order valence-electron chi connectivity index (χ4n) is 2.66. The van der Waals surface area contributed by atoms with Crippen LogP contribution in [0.2, 0.25) is 0 Å². The van der Waals surface area contributed by atoms with Crippen molar-refractivity contribution in [2.24, 2.45) is 0 Å². The van der Waals surface area contributed by atoms with Gasteiger partial charge in [-0.2, -0.15) is 13.2 Å². The first kappa shape index (κ1) is 17.2. The highest BCUT2D eigenvalue weighted by atomic mass is 32.1. The molecule has 4 aromatic rings. The van der Waals surface area contributed by atoms with Crippen LogP contribution < -0.4 is 5.73 Å². The van der Waals surface area contributed by atoms with Gasteiger partial charge in [0.1, 0.15) is 0 Å². The monoisotopic (exact) mass is 387 g/mol. The van der Waals surface area contributed by atoms with Crippen LogP contribution in [0.5, 0.6) is 0 Å². The van der Waals surface area contributed by atoms with Crippen LogP contribution in [0, 0.1) is 0 Å². The molecule has 0 saturated carbocycles. The topological polar surface area (TPSA) is 69.1 Å². The summed E-state index contributed by atoms with van der Waals surface area (Å²) in [6, 6.07) is 6.82. The van der Waals surface area contributed by atoms with Crippen LogP contribution in [0.1, 0.15) is 17.0 Å². The molecule has 0 radical (unpaired) electrons. The number of hydrogen-bond donors (Lipinski definition) is 1. The second-order valence-electron chi connectivity index (χ2n) is 5.65. The number of halogens is 3. The maximum Gasteiger partial charge on any atom is 0.416 e. The molecular formula is C18H12F3N5S. The van der Waals surface area contributed by atoms with E-state index in [-0.39, 0.29) is 5.95 Å². The van der Waals surface area contributed by atoms with E-state index in [1.807, 2.05) is 16.0 Å². The van der Waals surface area contributed by atoms with Crippen molar-refractivity contribution in [3.05, 3.63) is 65.1 Å². The number of aromatic nitrogens is 4. The molecule has 0 saturated heterocycles. The minimum Gasteiger partial charge on any atom is -0.368 e. The molecule has 2 N–H and O–H groups in total. The van der Waals surface area contributed by atoms with E-state index in [9.17, 15) is 13.2 Å². The van der Waals surface area contributed by atoms with Crippen molar-refractivity contribution in [1.82, 2.24) is 19.4 Å². The Balaban J connectivity index is 1.83. The molecule has 136 valence electrons. The number of rotatable bonds is 3. The number of alkyl halides is 3. The van der Waals surface area contributed by atoms with Gasteiger partial charge in [0.05, 0.1) is 22.6 Å². The molecule has 0 amide bonds. The average molecular weight is 387 g/mol. The number of imidazole rings is 1. The third-order valence-corrected chi connectivity index (χ3v) is 4.63. The molecule has 0 aliphatic heterocycles.